The zero-order chi connectivity index (χ0) is 13.8. The SMILES string of the molecule is O=C(O)c1cc(F)c(OCCc2ccsc2)c(F)c1. The minimum absolute atomic E-state index is 0.122. The van der Waals surface area contributed by atoms with Gasteiger partial charge in [-0.3, -0.25) is 0 Å². The summed E-state index contributed by atoms with van der Waals surface area (Å²) in [6.45, 7) is 0.122. The quantitative estimate of drug-likeness (QED) is 0.916. The molecule has 3 nitrogen and oxygen atoms in total. The van der Waals surface area contributed by atoms with E-state index < -0.39 is 28.9 Å². The molecular formula is C13H10F2O3S. The molecule has 100 valence electrons. The lowest BCUT2D eigenvalue weighted by Gasteiger charge is -2.08. The Kier molecular flexibility index (Phi) is 4.11. The van der Waals surface area contributed by atoms with Gasteiger partial charge in [0.05, 0.1) is 12.2 Å². The minimum atomic E-state index is -1.39. The largest absolute Gasteiger partial charge is 0.487 e. The van der Waals surface area contributed by atoms with Crippen molar-refractivity contribution in [1.82, 2.24) is 0 Å². The molecule has 0 spiro atoms. The predicted octanol–water partition coefficient (Wildman–Crippen LogP) is 3.35. The Morgan fingerprint density at radius 2 is 2.00 bits per heavy atom. The molecule has 0 radical (unpaired) electrons. The number of carboxylic acids is 1. The van der Waals surface area contributed by atoms with Gasteiger partial charge in [0.15, 0.2) is 17.4 Å². The first kappa shape index (κ1) is 13.5. The van der Waals surface area contributed by atoms with Gasteiger partial charge >= 0.3 is 5.97 Å². The summed E-state index contributed by atoms with van der Waals surface area (Å²) in [5.74, 6) is -3.95. The van der Waals surface area contributed by atoms with E-state index in [1.54, 1.807) is 0 Å². The molecule has 0 amide bonds. The zero-order valence-corrected chi connectivity index (χ0v) is 10.5. The fraction of sp³-hybridized carbons (Fsp3) is 0.154. The average molecular weight is 284 g/mol. The molecule has 0 bridgehead atoms. The van der Waals surface area contributed by atoms with E-state index in [0.717, 1.165) is 17.7 Å². The highest BCUT2D eigenvalue weighted by molar-refractivity contribution is 7.07. The Labute approximate surface area is 112 Å². The molecule has 1 aromatic heterocycles. The lowest BCUT2D eigenvalue weighted by atomic mass is 10.2. The van der Waals surface area contributed by atoms with Crippen molar-refractivity contribution >= 4 is 17.3 Å². The van der Waals surface area contributed by atoms with Gasteiger partial charge in [0, 0.05) is 6.42 Å². The molecule has 0 saturated carbocycles. The van der Waals surface area contributed by atoms with E-state index in [4.69, 9.17) is 9.84 Å². The summed E-state index contributed by atoms with van der Waals surface area (Å²) in [5, 5.41) is 12.5. The molecule has 0 fully saturated rings. The second kappa shape index (κ2) is 5.79. The van der Waals surface area contributed by atoms with Crippen LogP contribution in [0.2, 0.25) is 0 Å². The van der Waals surface area contributed by atoms with Crippen LogP contribution in [0.3, 0.4) is 0 Å². The van der Waals surface area contributed by atoms with Crippen molar-refractivity contribution in [2.45, 2.75) is 6.42 Å². The monoisotopic (exact) mass is 284 g/mol. The lowest BCUT2D eigenvalue weighted by Crippen LogP contribution is -2.06. The molecule has 1 heterocycles. The van der Waals surface area contributed by atoms with Crippen molar-refractivity contribution in [3.8, 4) is 5.75 Å². The highest BCUT2D eigenvalue weighted by Gasteiger charge is 2.15. The first-order valence-corrected chi connectivity index (χ1v) is 6.38. The second-order valence-corrected chi connectivity index (χ2v) is 4.58. The van der Waals surface area contributed by atoms with Crippen molar-refractivity contribution in [3.63, 3.8) is 0 Å². The highest BCUT2D eigenvalue weighted by atomic mass is 32.1. The van der Waals surface area contributed by atoms with Gasteiger partial charge in [0.1, 0.15) is 0 Å². The van der Waals surface area contributed by atoms with Crippen molar-refractivity contribution in [2.75, 3.05) is 6.61 Å². The van der Waals surface area contributed by atoms with Crippen LogP contribution in [0.25, 0.3) is 0 Å². The van der Waals surface area contributed by atoms with Gasteiger partial charge in [-0.2, -0.15) is 11.3 Å². The van der Waals surface area contributed by atoms with Crippen molar-refractivity contribution in [2.24, 2.45) is 0 Å². The Morgan fingerprint density at radius 1 is 1.32 bits per heavy atom. The molecule has 0 aliphatic heterocycles. The van der Waals surface area contributed by atoms with Gasteiger partial charge in [-0.1, -0.05) is 0 Å². The Hall–Kier alpha value is -1.95. The van der Waals surface area contributed by atoms with Crippen LogP contribution in [0.1, 0.15) is 15.9 Å². The maximum Gasteiger partial charge on any atom is 0.335 e. The maximum absolute atomic E-state index is 13.5. The van der Waals surface area contributed by atoms with Crippen LogP contribution in [0.5, 0.6) is 5.75 Å². The third-order valence-corrected chi connectivity index (χ3v) is 3.19. The van der Waals surface area contributed by atoms with Crippen molar-refractivity contribution in [1.29, 1.82) is 0 Å². The van der Waals surface area contributed by atoms with Gasteiger partial charge in [-0.25, -0.2) is 13.6 Å². The third-order valence-electron chi connectivity index (χ3n) is 2.46. The molecule has 2 aromatic rings. The summed E-state index contributed by atoms with van der Waals surface area (Å²) in [6.07, 6.45) is 0.531. The van der Waals surface area contributed by atoms with E-state index in [-0.39, 0.29) is 6.61 Å². The summed E-state index contributed by atoms with van der Waals surface area (Å²) >= 11 is 1.53. The molecule has 1 aromatic carbocycles. The predicted molar refractivity (Wildman–Crippen MR) is 66.8 cm³/mol. The normalized spacial score (nSPS) is 10.4. The van der Waals surface area contributed by atoms with Gasteiger partial charge in [0.2, 0.25) is 0 Å². The number of rotatable bonds is 5. The van der Waals surface area contributed by atoms with Gasteiger partial charge in [-0.05, 0) is 34.5 Å². The summed E-state index contributed by atoms with van der Waals surface area (Å²) in [5.41, 5.74) is 0.577. The fourth-order valence-corrected chi connectivity index (χ4v) is 2.23. The topological polar surface area (TPSA) is 46.5 Å². The summed E-state index contributed by atoms with van der Waals surface area (Å²) in [6, 6.07) is 3.38. The number of carbonyl (C=O) groups is 1. The van der Waals surface area contributed by atoms with Gasteiger partial charge in [-0.15, -0.1) is 0 Å². The van der Waals surface area contributed by atoms with E-state index >= 15 is 0 Å². The first-order valence-electron chi connectivity index (χ1n) is 5.44. The Balaban J connectivity index is 2.06. The van der Waals surface area contributed by atoms with Crippen LogP contribution < -0.4 is 4.74 Å². The van der Waals surface area contributed by atoms with Crippen molar-refractivity contribution < 1.29 is 23.4 Å². The minimum Gasteiger partial charge on any atom is -0.487 e. The second-order valence-electron chi connectivity index (χ2n) is 3.80. The number of ether oxygens (including phenoxy) is 1. The number of carboxylic acid groups (broad SMARTS) is 1. The highest BCUT2D eigenvalue weighted by Crippen LogP contribution is 2.23. The zero-order valence-electron chi connectivity index (χ0n) is 9.73. The van der Waals surface area contributed by atoms with E-state index in [9.17, 15) is 13.6 Å². The molecule has 0 aliphatic rings. The summed E-state index contributed by atoms with van der Waals surface area (Å²) < 4.78 is 32.1. The average Bonchev–Trinajstić information content (AvgIpc) is 2.85. The molecule has 2 rings (SSSR count). The molecule has 1 N–H and O–H groups in total. The Bertz CT molecular complexity index is 559. The first-order chi connectivity index (χ1) is 9.08. The van der Waals surface area contributed by atoms with E-state index in [1.807, 2.05) is 16.8 Å². The molecule has 0 unspecified atom stereocenters. The number of hydrogen-bond acceptors (Lipinski definition) is 3. The van der Waals surface area contributed by atoms with E-state index in [2.05, 4.69) is 0 Å². The number of halogens is 2. The van der Waals surface area contributed by atoms with Crippen LogP contribution in [-0.2, 0) is 6.42 Å². The number of hydrogen-bond donors (Lipinski definition) is 1. The number of aromatic carboxylic acids is 1. The summed E-state index contributed by atoms with van der Waals surface area (Å²) in [4.78, 5) is 10.6. The smallest absolute Gasteiger partial charge is 0.335 e. The molecule has 0 aliphatic carbocycles. The maximum atomic E-state index is 13.5. The molecule has 6 heteroatoms. The van der Waals surface area contributed by atoms with Crippen LogP contribution in [0.4, 0.5) is 8.78 Å². The van der Waals surface area contributed by atoms with Gasteiger partial charge in [0.25, 0.3) is 0 Å². The molecular weight excluding hydrogens is 274 g/mol. The standard InChI is InChI=1S/C13H10F2O3S/c14-10-5-9(13(16)17)6-11(15)12(10)18-3-1-8-2-4-19-7-8/h2,4-7H,1,3H2,(H,16,17). The van der Waals surface area contributed by atoms with Crippen molar-refractivity contribution in [3.05, 3.63) is 51.7 Å². The van der Waals surface area contributed by atoms with E-state index in [0.29, 0.717) is 6.42 Å². The van der Waals surface area contributed by atoms with Crippen LogP contribution in [0, 0.1) is 11.6 Å². The fourth-order valence-electron chi connectivity index (χ4n) is 1.53. The number of thiophene rings is 1. The van der Waals surface area contributed by atoms with Crippen LogP contribution >= 0.6 is 11.3 Å². The Morgan fingerprint density at radius 3 is 2.53 bits per heavy atom. The molecule has 19 heavy (non-hydrogen) atoms. The molecule has 0 atom stereocenters. The van der Waals surface area contributed by atoms with Gasteiger partial charge < -0.3 is 9.84 Å². The number of benzene rings is 1. The van der Waals surface area contributed by atoms with E-state index in [1.165, 1.54) is 11.3 Å². The van der Waals surface area contributed by atoms with Crippen LogP contribution in [0.15, 0.2) is 29.0 Å². The third kappa shape index (κ3) is 3.29. The molecule has 0 saturated heterocycles. The lowest BCUT2D eigenvalue weighted by molar-refractivity contribution is 0.0695. The summed E-state index contributed by atoms with van der Waals surface area (Å²) in [7, 11) is 0. The van der Waals surface area contributed by atoms with Crippen LogP contribution in [-0.4, -0.2) is 17.7 Å².